The van der Waals surface area contributed by atoms with E-state index in [0.29, 0.717) is 29.7 Å². The van der Waals surface area contributed by atoms with Crippen LogP contribution in [-0.4, -0.2) is 68.2 Å². The first-order chi connectivity index (χ1) is 19.4. The van der Waals surface area contributed by atoms with E-state index in [4.69, 9.17) is 33.3 Å². The molecule has 204 valence electrons. The van der Waals surface area contributed by atoms with Gasteiger partial charge in [0.25, 0.3) is 0 Å². The Bertz CT molecular complexity index is 1620. The standard InChI is InChI=1S/C29H26B3F3N4O2/c1-4-22(38(3)29(30,31)32)27-37-21-12-20(33)19(18-10-16-9-8-15(2)25(16)36-13-18)11-23(21)39(27)26-17(14-40)6-5-7-24(26)41-28(34)35/h5-7,10-15,22,28H,4,8-9H2,1-3H3. The second-order valence-corrected chi connectivity index (χ2v) is 10.4. The number of ether oxygens (including phenoxy) is 1. The number of hydrogen-bond acceptors (Lipinski definition) is 5. The van der Waals surface area contributed by atoms with E-state index in [2.05, 4.69) is 11.9 Å². The zero-order chi connectivity index (χ0) is 29.6. The summed E-state index contributed by atoms with van der Waals surface area (Å²) in [6, 6.07) is 8.32. The van der Waals surface area contributed by atoms with Crippen LogP contribution in [0.3, 0.4) is 0 Å². The molecule has 0 bridgehead atoms. The molecule has 41 heavy (non-hydrogen) atoms. The van der Waals surface area contributed by atoms with Crippen LogP contribution in [0.4, 0.5) is 13.2 Å². The van der Waals surface area contributed by atoms with Gasteiger partial charge in [0.15, 0.2) is 12.0 Å². The number of carbonyl (C=O) groups is 1. The molecule has 2 aromatic heterocycles. The van der Waals surface area contributed by atoms with Gasteiger partial charge in [-0.1, -0.05) is 25.2 Å². The molecule has 0 amide bonds. The maximum absolute atomic E-state index is 15.7. The van der Waals surface area contributed by atoms with Gasteiger partial charge in [0.1, 0.15) is 17.3 Å². The number of fused-ring (bicyclic) bond motifs is 2. The summed E-state index contributed by atoms with van der Waals surface area (Å²) < 4.78 is 49.1. The maximum Gasteiger partial charge on any atom is 0.387 e. The second-order valence-electron chi connectivity index (χ2n) is 10.4. The number of pyridine rings is 1. The molecular formula is C29H26B3F3N4O2. The van der Waals surface area contributed by atoms with Gasteiger partial charge in [0.05, 0.1) is 40.6 Å². The molecule has 0 N–H and O–H groups in total. The zero-order valence-electron chi connectivity index (χ0n) is 22.9. The highest BCUT2D eigenvalue weighted by atomic mass is 19.3. The largest absolute Gasteiger partial charge is 0.433 e. The molecule has 0 saturated heterocycles. The van der Waals surface area contributed by atoms with Crippen molar-refractivity contribution in [1.82, 2.24) is 19.4 Å². The topological polar surface area (TPSA) is 60.2 Å². The van der Waals surface area contributed by atoms with Crippen molar-refractivity contribution in [3.05, 3.63) is 71.1 Å². The summed E-state index contributed by atoms with van der Waals surface area (Å²) in [5.41, 5.74) is 3.50. The number of para-hydroxylation sites is 1. The Morgan fingerprint density at radius 2 is 2.00 bits per heavy atom. The Hall–Kier alpha value is -3.53. The Morgan fingerprint density at radius 1 is 1.24 bits per heavy atom. The van der Waals surface area contributed by atoms with Gasteiger partial charge in [0, 0.05) is 34.6 Å². The predicted octanol–water partition coefficient (Wildman–Crippen LogP) is 5.19. The summed E-state index contributed by atoms with van der Waals surface area (Å²) in [6.45, 7) is 0.771. The average Bonchev–Trinajstić information content (AvgIpc) is 3.46. The number of aromatic nitrogens is 3. The number of hydrogen-bond donors (Lipinski definition) is 0. The van der Waals surface area contributed by atoms with Crippen LogP contribution in [-0.2, 0) is 6.42 Å². The smallest absolute Gasteiger partial charge is 0.387 e. The van der Waals surface area contributed by atoms with Crippen molar-refractivity contribution in [1.29, 1.82) is 0 Å². The number of aryl methyl sites for hydroxylation is 1. The normalized spacial score (nSPS) is 16.0. The third-order valence-corrected chi connectivity index (χ3v) is 7.76. The van der Waals surface area contributed by atoms with E-state index in [-0.39, 0.29) is 33.9 Å². The fourth-order valence-electron chi connectivity index (χ4n) is 5.58. The number of halogens is 3. The molecule has 0 spiro atoms. The van der Waals surface area contributed by atoms with Gasteiger partial charge in [-0.05, 0) is 62.1 Å². The first-order valence-electron chi connectivity index (χ1n) is 13.3. The van der Waals surface area contributed by atoms with E-state index in [1.807, 2.05) is 13.0 Å². The molecule has 1 aliphatic carbocycles. The Kier molecular flexibility index (Phi) is 7.81. The fraction of sp³-hybridized carbons (Fsp3) is 0.345. The predicted molar refractivity (Wildman–Crippen MR) is 154 cm³/mol. The minimum absolute atomic E-state index is 0.0160. The summed E-state index contributed by atoms with van der Waals surface area (Å²) >= 11 is 0. The van der Waals surface area contributed by atoms with Crippen molar-refractivity contribution >= 4 is 40.9 Å². The molecule has 2 unspecified atom stereocenters. The summed E-state index contributed by atoms with van der Waals surface area (Å²) in [7, 11) is 19.6. The number of benzene rings is 2. The van der Waals surface area contributed by atoms with Crippen molar-refractivity contribution in [3.8, 4) is 22.6 Å². The lowest BCUT2D eigenvalue weighted by Gasteiger charge is -2.39. The van der Waals surface area contributed by atoms with Crippen molar-refractivity contribution in [2.75, 3.05) is 7.05 Å². The van der Waals surface area contributed by atoms with Gasteiger partial charge in [-0.2, -0.15) is 8.78 Å². The third kappa shape index (κ3) is 5.30. The Labute approximate surface area is 240 Å². The molecule has 4 aromatic rings. The van der Waals surface area contributed by atoms with Gasteiger partial charge in [-0.15, -0.1) is 0 Å². The van der Waals surface area contributed by atoms with Crippen LogP contribution in [0.5, 0.6) is 5.75 Å². The Balaban J connectivity index is 1.83. The zero-order valence-corrected chi connectivity index (χ0v) is 22.9. The van der Waals surface area contributed by atoms with Crippen LogP contribution in [0.2, 0.25) is 0 Å². The van der Waals surface area contributed by atoms with E-state index < -0.39 is 23.7 Å². The number of imidazole rings is 1. The third-order valence-electron chi connectivity index (χ3n) is 7.76. The number of nitrogens with zero attached hydrogens (tertiary/aromatic N) is 4. The minimum atomic E-state index is -3.17. The summed E-state index contributed by atoms with van der Waals surface area (Å²) in [5.74, 6) is -0.226. The molecule has 12 heteroatoms. The molecule has 5 rings (SSSR count). The van der Waals surface area contributed by atoms with Crippen molar-refractivity contribution < 1.29 is 22.7 Å². The summed E-state index contributed by atoms with van der Waals surface area (Å²) in [4.78, 5) is 23.0. The molecule has 0 saturated carbocycles. The van der Waals surface area contributed by atoms with Crippen LogP contribution in [0.1, 0.15) is 66.1 Å². The molecular weight excluding hydrogens is 526 g/mol. The molecule has 2 heterocycles. The van der Waals surface area contributed by atoms with Crippen molar-refractivity contribution in [2.24, 2.45) is 0 Å². The van der Waals surface area contributed by atoms with Gasteiger partial charge in [-0.3, -0.25) is 14.3 Å². The number of rotatable bonds is 9. The molecule has 0 fully saturated rings. The molecule has 1 aliphatic rings. The maximum atomic E-state index is 15.7. The van der Waals surface area contributed by atoms with Crippen LogP contribution in [0.15, 0.2) is 42.6 Å². The monoisotopic (exact) mass is 552 g/mol. The highest BCUT2D eigenvalue weighted by molar-refractivity contribution is 6.59. The highest BCUT2D eigenvalue weighted by Crippen LogP contribution is 2.39. The molecule has 6 radical (unpaired) electrons. The van der Waals surface area contributed by atoms with E-state index in [9.17, 15) is 13.6 Å². The SMILES string of the molecule is [B]C([B])([B])N(C)C(CC)c1nc2cc(F)c(-c3cnc4c(c3)CCC4C)cc2n1-c1c(C=O)cccc1OC(F)F. The van der Waals surface area contributed by atoms with Crippen LogP contribution in [0, 0.1) is 5.82 Å². The molecule has 2 atom stereocenters. The Morgan fingerprint density at radius 3 is 2.66 bits per heavy atom. The van der Waals surface area contributed by atoms with Gasteiger partial charge in [-0.25, -0.2) is 9.37 Å². The molecule has 6 nitrogen and oxygen atoms in total. The lowest BCUT2D eigenvalue weighted by molar-refractivity contribution is -0.0498. The van der Waals surface area contributed by atoms with E-state index in [1.54, 1.807) is 19.3 Å². The first-order valence-corrected chi connectivity index (χ1v) is 13.3. The number of carbonyl (C=O) groups excluding carboxylic acids is 1. The first kappa shape index (κ1) is 29.0. The lowest BCUT2D eigenvalue weighted by Crippen LogP contribution is -2.50. The van der Waals surface area contributed by atoms with Gasteiger partial charge < -0.3 is 9.64 Å². The number of alkyl halides is 2. The second kappa shape index (κ2) is 11.0. The fourth-order valence-corrected chi connectivity index (χ4v) is 5.58. The van der Waals surface area contributed by atoms with Crippen LogP contribution in [0.25, 0.3) is 27.8 Å². The quantitative estimate of drug-likeness (QED) is 0.212. The summed E-state index contributed by atoms with van der Waals surface area (Å²) in [5, 5.41) is -1.78. The lowest BCUT2D eigenvalue weighted by atomic mass is 9.48. The van der Waals surface area contributed by atoms with E-state index in [0.717, 1.165) is 24.1 Å². The molecule has 2 aromatic carbocycles. The average molecular weight is 552 g/mol. The number of aldehydes is 1. The van der Waals surface area contributed by atoms with E-state index in [1.165, 1.54) is 33.7 Å². The molecule has 0 aliphatic heterocycles. The van der Waals surface area contributed by atoms with Crippen LogP contribution >= 0.6 is 0 Å². The van der Waals surface area contributed by atoms with Gasteiger partial charge >= 0.3 is 6.61 Å². The van der Waals surface area contributed by atoms with Crippen LogP contribution < -0.4 is 4.74 Å². The van der Waals surface area contributed by atoms with Gasteiger partial charge in [0.2, 0.25) is 0 Å². The summed E-state index contributed by atoms with van der Waals surface area (Å²) in [6.07, 6.45) is 4.35. The highest BCUT2D eigenvalue weighted by Gasteiger charge is 2.31. The van der Waals surface area contributed by atoms with Crippen molar-refractivity contribution in [3.63, 3.8) is 0 Å². The van der Waals surface area contributed by atoms with Crippen molar-refractivity contribution in [2.45, 2.75) is 56.9 Å². The van der Waals surface area contributed by atoms with E-state index >= 15 is 4.39 Å². The minimum Gasteiger partial charge on any atom is -0.433 e.